The Hall–Kier alpha value is -3.93. The second kappa shape index (κ2) is 11.6. The molecule has 200 valence electrons. The number of hydrogen-bond donors (Lipinski definition) is 3. The molecule has 3 N–H and O–H groups in total. The molecule has 0 saturated carbocycles. The van der Waals surface area contributed by atoms with Crippen molar-refractivity contribution < 1.29 is 32.7 Å². The van der Waals surface area contributed by atoms with E-state index in [1.165, 1.54) is 19.2 Å². The van der Waals surface area contributed by atoms with E-state index in [0.717, 1.165) is 15.4 Å². The van der Waals surface area contributed by atoms with Crippen molar-refractivity contribution in [3.8, 4) is 22.6 Å². The van der Waals surface area contributed by atoms with Gasteiger partial charge in [-0.3, -0.25) is 14.8 Å². The van der Waals surface area contributed by atoms with Gasteiger partial charge in [0.1, 0.15) is 17.5 Å². The number of rotatable bonds is 8. The van der Waals surface area contributed by atoms with Crippen LogP contribution in [0.4, 0.5) is 0 Å². The van der Waals surface area contributed by atoms with Crippen molar-refractivity contribution in [3.63, 3.8) is 0 Å². The van der Waals surface area contributed by atoms with Crippen molar-refractivity contribution >= 4 is 21.8 Å². The predicted molar refractivity (Wildman–Crippen MR) is 140 cm³/mol. The number of ether oxygens (including phenoxy) is 2. The zero-order valence-electron chi connectivity index (χ0n) is 21.0. The molecule has 1 aliphatic rings. The van der Waals surface area contributed by atoms with Gasteiger partial charge >= 0.3 is 0 Å². The van der Waals surface area contributed by atoms with Crippen LogP contribution in [-0.2, 0) is 14.8 Å². The molecular weight excluding hydrogens is 510 g/mol. The molecule has 1 saturated heterocycles. The molecule has 11 heteroatoms. The fourth-order valence-corrected chi connectivity index (χ4v) is 6.04. The van der Waals surface area contributed by atoms with Crippen LogP contribution in [0.3, 0.4) is 0 Å². The number of hydrogen-bond acceptors (Lipinski definition) is 7. The topological polar surface area (TPSA) is 134 Å². The van der Waals surface area contributed by atoms with Crippen molar-refractivity contribution in [2.24, 2.45) is 0 Å². The molecule has 0 aromatic heterocycles. The lowest BCUT2D eigenvalue weighted by atomic mass is 9.98. The van der Waals surface area contributed by atoms with E-state index in [0.29, 0.717) is 23.5 Å². The lowest BCUT2D eigenvalue weighted by molar-refractivity contribution is -0.134. The van der Waals surface area contributed by atoms with Crippen LogP contribution in [0, 0.1) is 0 Å². The maximum Gasteiger partial charge on any atom is 0.261 e. The summed E-state index contributed by atoms with van der Waals surface area (Å²) in [7, 11) is -0.967. The second-order valence-corrected chi connectivity index (χ2v) is 10.7. The third kappa shape index (κ3) is 5.80. The second-order valence-electron chi connectivity index (χ2n) is 8.78. The Morgan fingerprint density at radius 2 is 1.39 bits per heavy atom. The van der Waals surface area contributed by atoms with Gasteiger partial charge in [-0.2, -0.15) is 4.31 Å². The Kier molecular flexibility index (Phi) is 8.30. The van der Waals surface area contributed by atoms with E-state index in [9.17, 15) is 23.2 Å². The number of amides is 2. The highest BCUT2D eigenvalue weighted by molar-refractivity contribution is 7.89. The molecule has 3 aromatic rings. The summed E-state index contributed by atoms with van der Waals surface area (Å²) < 4.78 is 38.4. The molecule has 0 aliphatic carbocycles. The number of nitrogens with zero attached hydrogens (tertiary/aromatic N) is 1. The maximum absolute atomic E-state index is 13.5. The first-order chi connectivity index (χ1) is 18.3. The van der Waals surface area contributed by atoms with Gasteiger partial charge in [0.2, 0.25) is 10.0 Å². The highest BCUT2D eigenvalue weighted by Crippen LogP contribution is 2.29. The Labute approximate surface area is 221 Å². The molecule has 2 atom stereocenters. The summed E-state index contributed by atoms with van der Waals surface area (Å²) in [6.45, 7) is -0.0196. The standard InChI is InChI=1S/C27H29N3O7S/c1-36-22-9-3-18(4-10-22)19-7-13-24(14-8-19)38(34,35)30-16-15-21(17-25(30)27(32)29-33)28-26(31)20-5-11-23(37-2)12-6-20/h3-14,21,25,33H,15-17H2,1-2H3,(H,28,31)(H,29,32)/t21-,25-/m1/s1. The average molecular weight is 540 g/mol. The lowest BCUT2D eigenvalue weighted by Crippen LogP contribution is -2.56. The van der Waals surface area contributed by atoms with Crippen molar-refractivity contribution in [2.45, 2.75) is 29.8 Å². The molecule has 1 aliphatic heterocycles. The quantitative estimate of drug-likeness (QED) is 0.296. The number of sulfonamides is 1. The van der Waals surface area contributed by atoms with E-state index in [2.05, 4.69) is 5.32 Å². The van der Waals surface area contributed by atoms with E-state index in [1.807, 2.05) is 24.3 Å². The summed E-state index contributed by atoms with van der Waals surface area (Å²) in [6.07, 6.45) is 0.289. The number of piperidine rings is 1. The molecule has 0 radical (unpaired) electrons. The van der Waals surface area contributed by atoms with Gasteiger partial charge in [-0.25, -0.2) is 13.9 Å². The fraction of sp³-hybridized carbons (Fsp3) is 0.259. The number of nitrogens with one attached hydrogen (secondary N) is 2. The minimum Gasteiger partial charge on any atom is -0.497 e. The van der Waals surface area contributed by atoms with E-state index >= 15 is 0 Å². The first-order valence-electron chi connectivity index (χ1n) is 11.9. The van der Waals surface area contributed by atoms with Crippen LogP contribution in [0.1, 0.15) is 23.2 Å². The highest BCUT2D eigenvalue weighted by Gasteiger charge is 2.41. The Bertz CT molecular complexity index is 1380. The maximum atomic E-state index is 13.5. The Morgan fingerprint density at radius 3 is 1.92 bits per heavy atom. The fourth-order valence-electron chi connectivity index (χ4n) is 4.42. The van der Waals surface area contributed by atoms with Crippen LogP contribution < -0.4 is 20.3 Å². The molecule has 0 unspecified atom stereocenters. The van der Waals surface area contributed by atoms with Crippen LogP contribution in [0.15, 0.2) is 77.7 Å². The van der Waals surface area contributed by atoms with Gasteiger partial charge in [0.05, 0.1) is 19.1 Å². The molecule has 1 fully saturated rings. The summed E-state index contributed by atoms with van der Waals surface area (Å²) in [5, 5.41) is 12.2. The molecule has 0 spiro atoms. The number of methoxy groups -OCH3 is 2. The van der Waals surface area contributed by atoms with Gasteiger partial charge < -0.3 is 14.8 Å². The van der Waals surface area contributed by atoms with E-state index in [-0.39, 0.29) is 23.8 Å². The predicted octanol–water partition coefficient (Wildman–Crippen LogP) is 2.83. The summed E-state index contributed by atoms with van der Waals surface area (Å²) >= 11 is 0. The third-order valence-corrected chi connectivity index (χ3v) is 8.46. The Balaban J connectivity index is 1.50. The number of benzene rings is 3. The number of hydroxylamine groups is 1. The van der Waals surface area contributed by atoms with Crippen LogP contribution >= 0.6 is 0 Å². The van der Waals surface area contributed by atoms with Gasteiger partial charge in [0, 0.05) is 18.2 Å². The van der Waals surface area contributed by atoms with Crippen molar-refractivity contribution in [1.29, 1.82) is 0 Å². The molecule has 38 heavy (non-hydrogen) atoms. The summed E-state index contributed by atoms with van der Waals surface area (Å²) in [6, 6.07) is 18.6. The van der Waals surface area contributed by atoms with Crippen LogP contribution in [-0.4, -0.2) is 62.6 Å². The lowest BCUT2D eigenvalue weighted by Gasteiger charge is -2.37. The Morgan fingerprint density at radius 1 is 0.868 bits per heavy atom. The van der Waals surface area contributed by atoms with Crippen molar-refractivity contribution in [1.82, 2.24) is 15.1 Å². The van der Waals surface area contributed by atoms with Crippen LogP contribution in [0.25, 0.3) is 11.1 Å². The SMILES string of the molecule is COc1ccc(C(=O)N[C@@H]2CCN(S(=O)(=O)c3ccc(-c4ccc(OC)cc4)cc3)[C@@H](C(=O)NO)C2)cc1. The van der Waals surface area contributed by atoms with Crippen LogP contribution in [0.2, 0.25) is 0 Å². The molecule has 0 bridgehead atoms. The summed E-state index contributed by atoms with van der Waals surface area (Å²) in [5.74, 6) is 0.0968. The molecule has 2 amide bonds. The van der Waals surface area contributed by atoms with E-state index in [1.54, 1.807) is 49.0 Å². The zero-order chi connectivity index (χ0) is 27.3. The first kappa shape index (κ1) is 27.1. The van der Waals surface area contributed by atoms with Crippen molar-refractivity contribution in [3.05, 3.63) is 78.4 Å². The number of carbonyl (C=O) groups is 2. The minimum atomic E-state index is -4.07. The van der Waals surface area contributed by atoms with Gasteiger partial charge in [-0.15, -0.1) is 0 Å². The van der Waals surface area contributed by atoms with Gasteiger partial charge in [0.15, 0.2) is 0 Å². The van der Waals surface area contributed by atoms with Gasteiger partial charge in [-0.05, 0) is 72.5 Å². The summed E-state index contributed by atoms with van der Waals surface area (Å²) in [5.41, 5.74) is 3.67. The number of carbonyl (C=O) groups excluding carboxylic acids is 2. The monoisotopic (exact) mass is 539 g/mol. The largest absolute Gasteiger partial charge is 0.497 e. The van der Waals surface area contributed by atoms with Gasteiger partial charge in [-0.1, -0.05) is 24.3 Å². The first-order valence-corrected chi connectivity index (χ1v) is 13.4. The molecule has 4 rings (SSSR count). The molecule has 1 heterocycles. The normalized spacial score (nSPS) is 17.9. The summed E-state index contributed by atoms with van der Waals surface area (Å²) in [4.78, 5) is 25.2. The van der Waals surface area contributed by atoms with E-state index in [4.69, 9.17) is 9.47 Å². The van der Waals surface area contributed by atoms with Crippen LogP contribution in [0.5, 0.6) is 11.5 Å². The molecule has 3 aromatic carbocycles. The average Bonchev–Trinajstić information content (AvgIpc) is 2.96. The van der Waals surface area contributed by atoms with Gasteiger partial charge in [0.25, 0.3) is 11.8 Å². The molecule has 10 nitrogen and oxygen atoms in total. The molecular formula is C27H29N3O7S. The smallest absolute Gasteiger partial charge is 0.261 e. The highest BCUT2D eigenvalue weighted by atomic mass is 32.2. The third-order valence-electron chi connectivity index (χ3n) is 6.54. The van der Waals surface area contributed by atoms with Crippen molar-refractivity contribution in [2.75, 3.05) is 20.8 Å². The van der Waals surface area contributed by atoms with E-state index < -0.39 is 28.0 Å². The zero-order valence-corrected chi connectivity index (χ0v) is 21.8. The minimum absolute atomic E-state index is 0.00253.